The van der Waals surface area contributed by atoms with Crippen molar-refractivity contribution in [1.29, 1.82) is 0 Å². The first kappa shape index (κ1) is 26.0. The van der Waals surface area contributed by atoms with Gasteiger partial charge in [0.2, 0.25) is 0 Å². The minimum Gasteiger partial charge on any atom is -0.481 e. The zero-order chi connectivity index (χ0) is 26.1. The second kappa shape index (κ2) is 10.1. The molecule has 11 heteroatoms. The molecule has 36 heavy (non-hydrogen) atoms. The van der Waals surface area contributed by atoms with Crippen LogP contribution in [-0.4, -0.2) is 84.2 Å². The zero-order valence-corrected chi connectivity index (χ0v) is 20.1. The number of alkyl halides is 3. The Hall–Kier alpha value is -3.08. The number of carbonyl (C=O) groups excluding carboxylic acids is 2. The number of carbonyl (C=O) groups is 3. The van der Waals surface area contributed by atoms with Crippen molar-refractivity contribution in [2.45, 2.75) is 44.4 Å². The second-order valence-electron chi connectivity index (χ2n) is 9.55. The third kappa shape index (κ3) is 5.35. The zero-order valence-electron chi connectivity index (χ0n) is 20.1. The second-order valence-corrected chi connectivity index (χ2v) is 9.55. The molecule has 3 heterocycles. The summed E-state index contributed by atoms with van der Waals surface area (Å²) in [6.07, 6.45) is -2.90. The van der Waals surface area contributed by atoms with Crippen LogP contribution < -0.4 is 4.90 Å². The fraction of sp³-hybridized carbons (Fsp3) is 0.560. The number of nitrogens with zero attached hydrogens (tertiary/aromatic N) is 3. The van der Waals surface area contributed by atoms with E-state index in [0.29, 0.717) is 81.9 Å². The van der Waals surface area contributed by atoms with Crippen molar-refractivity contribution in [3.05, 3.63) is 41.0 Å². The number of hydrogen-bond donors (Lipinski definition) is 1. The van der Waals surface area contributed by atoms with Crippen LogP contribution in [0.15, 0.2) is 35.4 Å². The quantitative estimate of drug-likeness (QED) is 0.590. The van der Waals surface area contributed by atoms with Crippen molar-refractivity contribution >= 4 is 23.5 Å². The Morgan fingerprint density at radius 3 is 2.36 bits per heavy atom. The monoisotopic (exact) mass is 509 g/mol. The first-order valence-electron chi connectivity index (χ1n) is 12.1. The van der Waals surface area contributed by atoms with Crippen molar-refractivity contribution in [1.82, 2.24) is 9.80 Å². The van der Waals surface area contributed by atoms with Crippen LogP contribution >= 0.6 is 0 Å². The number of halogens is 3. The molecule has 0 saturated carbocycles. The lowest BCUT2D eigenvalue weighted by Gasteiger charge is -2.42. The number of amides is 1. The Kier molecular flexibility index (Phi) is 7.31. The largest absolute Gasteiger partial charge is 0.481 e. The van der Waals surface area contributed by atoms with Gasteiger partial charge >= 0.3 is 18.1 Å². The predicted octanol–water partition coefficient (Wildman–Crippen LogP) is 2.93. The maximum absolute atomic E-state index is 13.6. The third-order valence-electron chi connectivity index (χ3n) is 7.27. The van der Waals surface area contributed by atoms with Crippen LogP contribution in [0.25, 0.3) is 0 Å². The molecule has 0 radical (unpaired) electrons. The first-order valence-corrected chi connectivity index (χ1v) is 12.1. The smallest absolute Gasteiger partial charge is 0.416 e. The number of anilines is 1. The third-order valence-corrected chi connectivity index (χ3v) is 7.27. The van der Waals surface area contributed by atoms with Gasteiger partial charge in [-0.3, -0.25) is 9.59 Å². The Morgan fingerprint density at radius 1 is 1.08 bits per heavy atom. The van der Waals surface area contributed by atoms with E-state index >= 15 is 0 Å². The Bertz CT molecular complexity index is 1060. The van der Waals surface area contributed by atoms with E-state index < -0.39 is 29.3 Å². The van der Waals surface area contributed by atoms with Gasteiger partial charge in [0.15, 0.2) is 0 Å². The number of hydrogen-bond acceptors (Lipinski definition) is 6. The number of piperidine rings is 1. The van der Waals surface area contributed by atoms with Crippen molar-refractivity contribution < 1.29 is 37.4 Å². The van der Waals surface area contributed by atoms with Gasteiger partial charge in [-0.1, -0.05) is 6.07 Å². The summed E-state index contributed by atoms with van der Waals surface area (Å²) < 4.78 is 45.0. The number of piperazine rings is 1. The Morgan fingerprint density at radius 2 is 1.75 bits per heavy atom. The number of esters is 1. The molecule has 0 bridgehead atoms. The summed E-state index contributed by atoms with van der Waals surface area (Å²) in [4.78, 5) is 42.4. The van der Waals surface area contributed by atoms with Gasteiger partial charge in [0.05, 0.1) is 11.1 Å². The normalized spacial score (nSPS) is 20.7. The van der Waals surface area contributed by atoms with Crippen LogP contribution in [0.4, 0.5) is 18.9 Å². The highest BCUT2D eigenvalue weighted by atomic mass is 19.4. The van der Waals surface area contributed by atoms with Gasteiger partial charge in [-0.25, -0.2) is 4.79 Å². The van der Waals surface area contributed by atoms with Crippen LogP contribution in [0.2, 0.25) is 0 Å². The van der Waals surface area contributed by atoms with E-state index in [9.17, 15) is 27.6 Å². The van der Waals surface area contributed by atoms with Crippen molar-refractivity contribution in [2.24, 2.45) is 0 Å². The summed E-state index contributed by atoms with van der Waals surface area (Å²) >= 11 is 0. The highest BCUT2D eigenvalue weighted by Crippen LogP contribution is 2.42. The van der Waals surface area contributed by atoms with Crippen LogP contribution in [-0.2, 0) is 25.3 Å². The molecule has 1 spiro atoms. The fourth-order valence-electron chi connectivity index (χ4n) is 5.25. The molecular weight excluding hydrogens is 479 g/mol. The molecule has 8 nitrogen and oxygen atoms in total. The molecule has 0 aromatic heterocycles. The summed E-state index contributed by atoms with van der Waals surface area (Å²) in [7, 11) is 0. The van der Waals surface area contributed by atoms with Crippen molar-refractivity contribution in [3.63, 3.8) is 0 Å². The molecule has 1 N–H and O–H groups in total. The highest BCUT2D eigenvalue weighted by Gasteiger charge is 2.51. The molecule has 2 saturated heterocycles. The van der Waals surface area contributed by atoms with Crippen LogP contribution in [0.3, 0.4) is 0 Å². The van der Waals surface area contributed by atoms with E-state index in [2.05, 4.69) is 4.90 Å². The lowest BCUT2D eigenvalue weighted by Crippen LogP contribution is -2.53. The number of aliphatic carboxylic acids is 1. The van der Waals surface area contributed by atoms with Gasteiger partial charge < -0.3 is 24.5 Å². The summed E-state index contributed by atoms with van der Waals surface area (Å²) in [5.74, 6) is -1.60. The van der Waals surface area contributed by atoms with E-state index in [1.165, 1.54) is 6.07 Å². The van der Waals surface area contributed by atoms with Gasteiger partial charge in [-0.2, -0.15) is 13.2 Å². The number of benzene rings is 1. The van der Waals surface area contributed by atoms with Gasteiger partial charge in [0.1, 0.15) is 5.60 Å². The van der Waals surface area contributed by atoms with Crippen LogP contribution in [0.1, 0.15) is 38.2 Å². The maximum Gasteiger partial charge on any atom is 0.416 e. The summed E-state index contributed by atoms with van der Waals surface area (Å²) in [5, 5.41) is 8.84. The number of likely N-dealkylation sites (tertiary alicyclic amines) is 1. The van der Waals surface area contributed by atoms with Gasteiger partial charge in [-0.05, 0) is 38.1 Å². The lowest BCUT2D eigenvalue weighted by molar-refractivity contribution is -0.151. The molecule has 3 aliphatic rings. The lowest BCUT2D eigenvalue weighted by atomic mass is 9.82. The molecular formula is C25H30F3N3O5. The number of ether oxygens (including phenoxy) is 1. The minimum atomic E-state index is -4.42. The SMILES string of the molecule is CC1=C(C(=O)N2CCN(c3cccc(C(F)(F)F)c3)CC2)C2(CCN(CCCC(=O)O)CC2)OC1=O. The molecule has 0 aliphatic carbocycles. The Balaban J connectivity index is 1.40. The van der Waals surface area contributed by atoms with Crippen molar-refractivity contribution in [3.8, 4) is 0 Å². The van der Waals surface area contributed by atoms with Crippen LogP contribution in [0.5, 0.6) is 0 Å². The number of carboxylic acid groups (broad SMARTS) is 1. The summed E-state index contributed by atoms with van der Waals surface area (Å²) in [6, 6.07) is 5.16. The Labute approximate surface area is 207 Å². The molecule has 196 valence electrons. The van der Waals surface area contributed by atoms with Crippen molar-refractivity contribution in [2.75, 3.05) is 50.7 Å². The van der Waals surface area contributed by atoms with E-state index in [1.54, 1.807) is 17.9 Å². The summed E-state index contributed by atoms with van der Waals surface area (Å²) in [6.45, 7) is 4.77. The van der Waals surface area contributed by atoms with Gasteiger partial charge in [-0.15, -0.1) is 0 Å². The topological polar surface area (TPSA) is 90.4 Å². The first-order chi connectivity index (χ1) is 17.0. The molecule has 1 aromatic rings. The standard InChI is InChI=1S/C25H30F3N3O5/c1-17-21(24(36-23(17)35)7-10-29(11-8-24)9-3-6-20(32)33)22(34)31-14-12-30(13-15-31)19-5-2-4-18(16-19)25(26,27)28/h2,4-5,16H,3,6-15H2,1H3,(H,32,33). The molecule has 0 atom stereocenters. The average Bonchev–Trinajstić information content (AvgIpc) is 3.08. The molecule has 1 aromatic carbocycles. The fourth-order valence-corrected chi connectivity index (χ4v) is 5.25. The molecule has 2 fully saturated rings. The molecule has 0 unspecified atom stereocenters. The maximum atomic E-state index is 13.6. The highest BCUT2D eigenvalue weighted by molar-refractivity contribution is 6.07. The minimum absolute atomic E-state index is 0.0891. The predicted molar refractivity (Wildman–Crippen MR) is 124 cm³/mol. The molecule has 3 aliphatic heterocycles. The van der Waals surface area contributed by atoms with E-state index in [4.69, 9.17) is 9.84 Å². The van der Waals surface area contributed by atoms with Gasteiger partial charge in [0.25, 0.3) is 5.91 Å². The molecule has 4 rings (SSSR count). The van der Waals surface area contributed by atoms with Crippen LogP contribution in [0, 0.1) is 0 Å². The average molecular weight is 510 g/mol. The number of carboxylic acids is 1. The number of rotatable bonds is 6. The summed E-state index contributed by atoms with van der Waals surface area (Å²) in [5.41, 5.74) is -0.555. The van der Waals surface area contributed by atoms with E-state index in [-0.39, 0.29) is 12.3 Å². The van der Waals surface area contributed by atoms with E-state index in [1.807, 2.05) is 4.90 Å². The molecule has 1 amide bonds. The van der Waals surface area contributed by atoms with E-state index in [0.717, 1.165) is 12.1 Å². The van der Waals surface area contributed by atoms with Gasteiger partial charge in [0, 0.05) is 69.8 Å².